The normalized spacial score (nSPS) is 8.62. The van der Waals surface area contributed by atoms with E-state index in [1.165, 1.54) is 7.11 Å². The van der Waals surface area contributed by atoms with Gasteiger partial charge in [0.1, 0.15) is 0 Å². The fourth-order valence-corrected chi connectivity index (χ4v) is 0.260. The predicted octanol–water partition coefficient (Wildman–Crippen LogP) is -0.0996. The van der Waals surface area contributed by atoms with E-state index in [-0.39, 0.29) is 0 Å². The minimum absolute atomic E-state index is 0.353. The van der Waals surface area contributed by atoms with Gasteiger partial charge in [0.25, 0.3) is 0 Å². The van der Waals surface area contributed by atoms with E-state index in [0.717, 1.165) is 0 Å². The molecular weight excluding hydrogens is 110 g/mol. The fraction of sp³-hybridized carbons (Fsp3) is 0.750. The van der Waals surface area contributed by atoms with Crippen molar-refractivity contribution in [3.63, 3.8) is 0 Å². The molecule has 1 amide bonds. The molecule has 0 saturated carbocycles. The molecule has 0 heterocycles. The molecule has 0 bridgehead atoms. The van der Waals surface area contributed by atoms with Crippen LogP contribution in [-0.2, 0) is 4.74 Å². The van der Waals surface area contributed by atoms with Crippen LogP contribution in [0.3, 0.4) is 0 Å². The molecule has 0 unspecified atom stereocenters. The summed E-state index contributed by atoms with van der Waals surface area (Å²) in [5, 5.41) is 10.1. The number of amides is 1. The number of hydrogen-bond donors (Lipinski definition) is 2. The van der Waals surface area contributed by atoms with E-state index in [1.807, 2.05) is 0 Å². The topological polar surface area (TPSA) is 58.6 Å². The molecule has 4 heteroatoms. The molecule has 0 fully saturated rings. The molecule has 0 aliphatic rings. The summed E-state index contributed by atoms with van der Waals surface area (Å²) < 4.78 is 4.57. The van der Waals surface area contributed by atoms with Crippen molar-refractivity contribution in [2.45, 2.75) is 0 Å². The van der Waals surface area contributed by atoms with E-state index in [2.05, 4.69) is 10.1 Å². The first-order valence-corrected chi connectivity index (χ1v) is 2.23. The predicted molar refractivity (Wildman–Crippen MR) is 27.9 cm³/mol. The van der Waals surface area contributed by atoms with Crippen LogP contribution in [0.15, 0.2) is 0 Å². The average molecular weight is 119 g/mol. The van der Waals surface area contributed by atoms with Gasteiger partial charge in [0, 0.05) is 13.7 Å². The van der Waals surface area contributed by atoms with Gasteiger partial charge in [-0.1, -0.05) is 0 Å². The van der Waals surface area contributed by atoms with Crippen molar-refractivity contribution in [2.75, 3.05) is 20.3 Å². The first kappa shape index (κ1) is 7.23. The summed E-state index contributed by atoms with van der Waals surface area (Å²) in [6, 6.07) is 0. The number of carboxylic acid groups (broad SMARTS) is 1. The molecule has 48 valence electrons. The molecule has 0 aromatic rings. The maximum Gasteiger partial charge on any atom is 0.404 e. The van der Waals surface area contributed by atoms with Crippen LogP contribution in [0.1, 0.15) is 0 Å². The van der Waals surface area contributed by atoms with Crippen molar-refractivity contribution in [1.82, 2.24) is 5.32 Å². The van der Waals surface area contributed by atoms with E-state index >= 15 is 0 Å². The zero-order valence-electron chi connectivity index (χ0n) is 4.68. The second kappa shape index (κ2) is 4.39. The first-order chi connectivity index (χ1) is 3.77. The van der Waals surface area contributed by atoms with Gasteiger partial charge in [0.05, 0.1) is 6.61 Å². The number of methoxy groups -OCH3 is 1. The summed E-state index contributed by atoms with van der Waals surface area (Å²) in [6.07, 6.45) is -1.01. The second-order valence-electron chi connectivity index (χ2n) is 1.22. The summed E-state index contributed by atoms with van der Waals surface area (Å²) in [6.45, 7) is 0.776. The summed E-state index contributed by atoms with van der Waals surface area (Å²) in [5.41, 5.74) is 0. The molecule has 4 nitrogen and oxygen atoms in total. The lowest BCUT2D eigenvalue weighted by Crippen LogP contribution is -2.24. The average Bonchev–Trinajstić information content (AvgIpc) is 1.66. The zero-order valence-corrected chi connectivity index (χ0v) is 4.68. The molecule has 0 aliphatic heterocycles. The molecule has 0 aliphatic carbocycles. The highest BCUT2D eigenvalue weighted by molar-refractivity contribution is 5.64. The fourth-order valence-electron chi connectivity index (χ4n) is 0.260. The summed E-state index contributed by atoms with van der Waals surface area (Å²) in [5.74, 6) is 0. The number of hydrogen-bond acceptors (Lipinski definition) is 2. The van der Waals surface area contributed by atoms with Crippen LogP contribution in [0.2, 0.25) is 0 Å². The van der Waals surface area contributed by atoms with Gasteiger partial charge in [-0.05, 0) is 0 Å². The molecule has 0 atom stereocenters. The highest BCUT2D eigenvalue weighted by Crippen LogP contribution is 1.63. The van der Waals surface area contributed by atoms with Gasteiger partial charge >= 0.3 is 6.09 Å². The molecule has 8 heavy (non-hydrogen) atoms. The highest BCUT2D eigenvalue weighted by atomic mass is 16.5. The smallest absolute Gasteiger partial charge is 0.404 e. The van der Waals surface area contributed by atoms with Gasteiger partial charge in [-0.2, -0.15) is 0 Å². The van der Waals surface area contributed by atoms with Gasteiger partial charge in [-0.15, -0.1) is 0 Å². The van der Waals surface area contributed by atoms with E-state index in [4.69, 9.17) is 5.11 Å². The Kier molecular flexibility index (Phi) is 3.97. The van der Waals surface area contributed by atoms with E-state index < -0.39 is 6.09 Å². The third-order valence-corrected chi connectivity index (χ3v) is 0.582. The molecule has 0 aromatic carbocycles. The van der Waals surface area contributed by atoms with Crippen molar-refractivity contribution < 1.29 is 14.6 Å². The summed E-state index contributed by atoms with van der Waals surface area (Å²) in [7, 11) is 1.52. The Hall–Kier alpha value is -0.770. The van der Waals surface area contributed by atoms with Crippen molar-refractivity contribution in [3.05, 3.63) is 0 Å². The number of rotatable bonds is 3. The maximum atomic E-state index is 9.71. The number of carbonyl (C=O) groups is 1. The lowest BCUT2D eigenvalue weighted by molar-refractivity contribution is 0.176. The van der Waals surface area contributed by atoms with Crippen LogP contribution in [-0.4, -0.2) is 31.5 Å². The van der Waals surface area contributed by atoms with Crippen molar-refractivity contribution >= 4 is 6.09 Å². The first-order valence-electron chi connectivity index (χ1n) is 2.23. The van der Waals surface area contributed by atoms with Crippen LogP contribution in [0, 0.1) is 0 Å². The van der Waals surface area contributed by atoms with Crippen LogP contribution < -0.4 is 5.32 Å². The lowest BCUT2D eigenvalue weighted by Gasteiger charge is -1.96. The third kappa shape index (κ3) is 5.23. The Balaban J connectivity index is 2.82. The van der Waals surface area contributed by atoms with Crippen LogP contribution in [0.4, 0.5) is 4.79 Å². The van der Waals surface area contributed by atoms with Gasteiger partial charge in [0.2, 0.25) is 0 Å². The Labute approximate surface area is 47.5 Å². The molecular formula is C4H9NO3. The molecule has 0 spiro atoms. The number of nitrogens with one attached hydrogen (secondary N) is 1. The van der Waals surface area contributed by atoms with Gasteiger partial charge in [0.15, 0.2) is 0 Å². The van der Waals surface area contributed by atoms with Crippen molar-refractivity contribution in [1.29, 1.82) is 0 Å². The quantitative estimate of drug-likeness (QED) is 0.510. The lowest BCUT2D eigenvalue weighted by atomic mass is 10.7. The minimum Gasteiger partial charge on any atom is -0.465 e. The maximum absolute atomic E-state index is 9.71. The molecule has 0 rings (SSSR count). The Morgan fingerprint density at radius 3 is 2.88 bits per heavy atom. The highest BCUT2D eigenvalue weighted by Gasteiger charge is 1.89. The van der Waals surface area contributed by atoms with E-state index in [0.29, 0.717) is 13.2 Å². The van der Waals surface area contributed by atoms with Crippen LogP contribution in [0.25, 0.3) is 0 Å². The Morgan fingerprint density at radius 2 is 2.50 bits per heavy atom. The van der Waals surface area contributed by atoms with E-state index in [9.17, 15) is 4.79 Å². The Bertz CT molecular complexity index is 73.7. The van der Waals surface area contributed by atoms with Crippen LogP contribution in [0.5, 0.6) is 0 Å². The summed E-state index contributed by atoms with van der Waals surface area (Å²) in [4.78, 5) is 9.71. The van der Waals surface area contributed by atoms with Crippen LogP contribution >= 0.6 is 0 Å². The molecule has 0 aromatic heterocycles. The standard InChI is InChI=1S/C4H9NO3/c1-8-3-2-5-4(6)7/h5H,2-3H2,1H3,(H,6,7). The largest absolute Gasteiger partial charge is 0.465 e. The van der Waals surface area contributed by atoms with Gasteiger partial charge < -0.3 is 15.2 Å². The minimum atomic E-state index is -1.01. The molecule has 2 N–H and O–H groups in total. The monoisotopic (exact) mass is 119 g/mol. The number of ether oxygens (including phenoxy) is 1. The molecule has 0 radical (unpaired) electrons. The zero-order chi connectivity index (χ0) is 6.41. The molecule has 0 saturated heterocycles. The van der Waals surface area contributed by atoms with Gasteiger partial charge in [-0.3, -0.25) is 0 Å². The van der Waals surface area contributed by atoms with Crippen molar-refractivity contribution in [3.8, 4) is 0 Å². The van der Waals surface area contributed by atoms with Crippen molar-refractivity contribution in [2.24, 2.45) is 0 Å². The Morgan fingerprint density at radius 1 is 1.88 bits per heavy atom. The summed E-state index contributed by atoms with van der Waals surface area (Å²) >= 11 is 0. The van der Waals surface area contributed by atoms with E-state index in [1.54, 1.807) is 0 Å². The SMILES string of the molecule is COCCNC(=O)O. The van der Waals surface area contributed by atoms with Gasteiger partial charge in [-0.25, -0.2) is 4.79 Å². The third-order valence-electron chi connectivity index (χ3n) is 0.582. The second-order valence-corrected chi connectivity index (χ2v) is 1.22.